The van der Waals surface area contributed by atoms with Crippen molar-refractivity contribution in [2.75, 3.05) is 26.3 Å². The van der Waals surface area contributed by atoms with Crippen molar-refractivity contribution >= 4 is 11.6 Å². The molecule has 3 N–H and O–H groups in total. The van der Waals surface area contributed by atoms with Crippen molar-refractivity contribution < 1.29 is 9.84 Å². The molecule has 4 nitrogen and oxygen atoms in total. The highest BCUT2D eigenvalue weighted by Gasteiger charge is 2.25. The molecule has 1 aliphatic heterocycles. The highest BCUT2D eigenvalue weighted by Crippen LogP contribution is 2.19. The minimum atomic E-state index is -0.0713. The molecular formula is C15H23ClN2O2. The fourth-order valence-corrected chi connectivity index (χ4v) is 2.60. The summed E-state index contributed by atoms with van der Waals surface area (Å²) in [6.45, 7) is 4.56. The molecule has 1 fully saturated rings. The van der Waals surface area contributed by atoms with Crippen molar-refractivity contribution in [3.05, 3.63) is 34.9 Å². The van der Waals surface area contributed by atoms with Crippen LogP contribution in [0.25, 0.3) is 0 Å². The Balaban J connectivity index is 1.85. The van der Waals surface area contributed by atoms with Crippen LogP contribution in [0, 0.1) is 0 Å². The SMILES string of the molecule is CC1COC(CO)CN1CCC(N)c1ccc(Cl)cc1. The first-order valence-corrected chi connectivity index (χ1v) is 7.45. The predicted molar refractivity (Wildman–Crippen MR) is 80.9 cm³/mol. The monoisotopic (exact) mass is 298 g/mol. The Morgan fingerprint density at radius 1 is 1.45 bits per heavy atom. The smallest absolute Gasteiger partial charge is 0.0933 e. The van der Waals surface area contributed by atoms with Gasteiger partial charge in [-0.15, -0.1) is 0 Å². The van der Waals surface area contributed by atoms with Crippen molar-refractivity contribution in [2.45, 2.75) is 31.5 Å². The van der Waals surface area contributed by atoms with Crippen LogP contribution in [0.15, 0.2) is 24.3 Å². The summed E-state index contributed by atoms with van der Waals surface area (Å²) in [5.41, 5.74) is 7.33. The summed E-state index contributed by atoms with van der Waals surface area (Å²) in [5, 5.41) is 9.92. The molecule has 1 saturated heterocycles. The molecule has 112 valence electrons. The van der Waals surface area contributed by atoms with E-state index in [1.54, 1.807) is 0 Å². The summed E-state index contributed by atoms with van der Waals surface area (Å²) in [6, 6.07) is 8.08. The maximum absolute atomic E-state index is 9.19. The van der Waals surface area contributed by atoms with Gasteiger partial charge in [-0.2, -0.15) is 0 Å². The number of morpholine rings is 1. The van der Waals surface area contributed by atoms with Crippen molar-refractivity contribution in [3.63, 3.8) is 0 Å². The highest BCUT2D eigenvalue weighted by atomic mass is 35.5. The van der Waals surface area contributed by atoms with Gasteiger partial charge < -0.3 is 15.6 Å². The molecule has 1 aliphatic rings. The Morgan fingerprint density at radius 3 is 2.80 bits per heavy atom. The second-order valence-corrected chi connectivity index (χ2v) is 5.87. The number of halogens is 1. The average Bonchev–Trinajstić information content (AvgIpc) is 2.47. The standard InChI is InChI=1S/C15H23ClN2O2/c1-11-10-20-14(9-19)8-18(11)7-6-15(17)12-2-4-13(16)5-3-12/h2-5,11,14-15,19H,6-10,17H2,1H3. The van der Waals surface area contributed by atoms with Crippen LogP contribution in [0.5, 0.6) is 0 Å². The number of hydrogen-bond donors (Lipinski definition) is 2. The van der Waals surface area contributed by atoms with Gasteiger partial charge in [0.15, 0.2) is 0 Å². The third kappa shape index (κ3) is 4.17. The van der Waals surface area contributed by atoms with Crippen LogP contribution in [-0.4, -0.2) is 48.5 Å². The van der Waals surface area contributed by atoms with E-state index in [2.05, 4.69) is 11.8 Å². The zero-order valence-electron chi connectivity index (χ0n) is 11.8. The highest BCUT2D eigenvalue weighted by molar-refractivity contribution is 6.30. The molecule has 0 radical (unpaired) electrons. The van der Waals surface area contributed by atoms with E-state index in [1.165, 1.54) is 0 Å². The molecule has 0 bridgehead atoms. The summed E-state index contributed by atoms with van der Waals surface area (Å²) in [6.07, 6.45) is 0.808. The Morgan fingerprint density at radius 2 is 2.15 bits per heavy atom. The number of benzene rings is 1. The van der Waals surface area contributed by atoms with Crippen LogP contribution in [0.1, 0.15) is 24.9 Å². The third-order valence-corrected chi connectivity index (χ3v) is 4.12. The van der Waals surface area contributed by atoms with Gasteiger partial charge in [0.25, 0.3) is 0 Å². The minimum Gasteiger partial charge on any atom is -0.394 e. The Labute approximate surface area is 125 Å². The molecule has 2 rings (SSSR count). The van der Waals surface area contributed by atoms with Crippen LogP contribution in [0.4, 0.5) is 0 Å². The van der Waals surface area contributed by atoms with E-state index in [0.29, 0.717) is 12.6 Å². The molecule has 3 unspecified atom stereocenters. The number of nitrogens with two attached hydrogens (primary N) is 1. The second kappa shape index (κ2) is 7.38. The van der Waals surface area contributed by atoms with Crippen LogP contribution in [0.3, 0.4) is 0 Å². The van der Waals surface area contributed by atoms with Gasteiger partial charge in [0, 0.05) is 30.2 Å². The van der Waals surface area contributed by atoms with Crippen molar-refractivity contribution in [2.24, 2.45) is 5.73 Å². The molecule has 0 aromatic heterocycles. The zero-order chi connectivity index (χ0) is 14.5. The molecule has 20 heavy (non-hydrogen) atoms. The average molecular weight is 299 g/mol. The van der Waals surface area contributed by atoms with E-state index in [0.717, 1.165) is 30.1 Å². The first-order chi connectivity index (χ1) is 9.60. The van der Waals surface area contributed by atoms with Gasteiger partial charge >= 0.3 is 0 Å². The zero-order valence-corrected chi connectivity index (χ0v) is 12.6. The van der Waals surface area contributed by atoms with E-state index in [4.69, 9.17) is 22.1 Å². The van der Waals surface area contributed by atoms with Crippen molar-refractivity contribution in [1.29, 1.82) is 0 Å². The molecule has 5 heteroatoms. The fraction of sp³-hybridized carbons (Fsp3) is 0.600. The van der Waals surface area contributed by atoms with Crippen LogP contribution in [0.2, 0.25) is 5.02 Å². The summed E-state index contributed by atoms with van der Waals surface area (Å²) >= 11 is 5.88. The summed E-state index contributed by atoms with van der Waals surface area (Å²) in [7, 11) is 0. The predicted octanol–water partition coefficient (Wildman–Crippen LogP) is 1.81. The number of ether oxygens (including phenoxy) is 1. The summed E-state index contributed by atoms with van der Waals surface area (Å²) < 4.78 is 5.54. The molecule has 0 saturated carbocycles. The molecule has 3 atom stereocenters. The summed E-state index contributed by atoms with van der Waals surface area (Å²) in [5.74, 6) is 0. The maximum Gasteiger partial charge on any atom is 0.0933 e. The number of aliphatic hydroxyl groups excluding tert-OH is 1. The van der Waals surface area contributed by atoms with Gasteiger partial charge in [-0.05, 0) is 31.0 Å². The number of aliphatic hydroxyl groups is 1. The van der Waals surface area contributed by atoms with Crippen LogP contribution in [-0.2, 0) is 4.74 Å². The lowest BCUT2D eigenvalue weighted by Crippen LogP contribution is -2.50. The number of nitrogens with zero attached hydrogens (tertiary/aromatic N) is 1. The Hall–Kier alpha value is -0.650. The van der Waals surface area contributed by atoms with Gasteiger partial charge in [-0.25, -0.2) is 0 Å². The van der Waals surface area contributed by atoms with E-state index in [1.807, 2.05) is 24.3 Å². The van der Waals surface area contributed by atoms with E-state index >= 15 is 0 Å². The molecule has 1 heterocycles. The lowest BCUT2D eigenvalue weighted by Gasteiger charge is -2.37. The van der Waals surface area contributed by atoms with Gasteiger partial charge in [0.05, 0.1) is 19.3 Å². The Kier molecular flexibility index (Phi) is 5.81. The topological polar surface area (TPSA) is 58.7 Å². The maximum atomic E-state index is 9.19. The molecule has 0 amide bonds. The molecule has 0 spiro atoms. The molecular weight excluding hydrogens is 276 g/mol. The van der Waals surface area contributed by atoms with Crippen molar-refractivity contribution in [3.8, 4) is 0 Å². The fourth-order valence-electron chi connectivity index (χ4n) is 2.48. The van der Waals surface area contributed by atoms with Gasteiger partial charge in [0.2, 0.25) is 0 Å². The number of rotatable bonds is 5. The molecule has 1 aromatic rings. The van der Waals surface area contributed by atoms with E-state index in [-0.39, 0.29) is 18.8 Å². The van der Waals surface area contributed by atoms with Crippen LogP contribution >= 0.6 is 11.6 Å². The van der Waals surface area contributed by atoms with E-state index in [9.17, 15) is 5.11 Å². The minimum absolute atomic E-state index is 0.00916. The van der Waals surface area contributed by atoms with Crippen LogP contribution < -0.4 is 5.73 Å². The van der Waals surface area contributed by atoms with Gasteiger partial charge in [-0.1, -0.05) is 23.7 Å². The quantitative estimate of drug-likeness (QED) is 0.870. The largest absolute Gasteiger partial charge is 0.394 e. The first kappa shape index (κ1) is 15.7. The first-order valence-electron chi connectivity index (χ1n) is 7.07. The molecule has 1 aromatic carbocycles. The molecule has 0 aliphatic carbocycles. The lowest BCUT2D eigenvalue weighted by atomic mass is 10.0. The van der Waals surface area contributed by atoms with E-state index < -0.39 is 0 Å². The van der Waals surface area contributed by atoms with Gasteiger partial charge in [0.1, 0.15) is 0 Å². The second-order valence-electron chi connectivity index (χ2n) is 5.43. The Bertz CT molecular complexity index is 413. The normalized spacial score (nSPS) is 25.6. The van der Waals surface area contributed by atoms with Crippen molar-refractivity contribution in [1.82, 2.24) is 4.90 Å². The lowest BCUT2D eigenvalue weighted by molar-refractivity contribution is -0.0782. The third-order valence-electron chi connectivity index (χ3n) is 3.86. The van der Waals surface area contributed by atoms with Gasteiger partial charge in [-0.3, -0.25) is 4.90 Å². The number of hydrogen-bond acceptors (Lipinski definition) is 4. The summed E-state index contributed by atoms with van der Waals surface area (Å²) in [4.78, 5) is 2.33.